The van der Waals surface area contributed by atoms with Crippen molar-refractivity contribution in [2.24, 2.45) is 0 Å². The molecule has 0 bridgehead atoms. The van der Waals surface area contributed by atoms with Crippen LogP contribution in [0.4, 0.5) is 0 Å². The molecule has 3 heteroatoms. The summed E-state index contributed by atoms with van der Waals surface area (Å²) in [5.41, 5.74) is 1.23. The van der Waals surface area contributed by atoms with E-state index < -0.39 is 0 Å². The summed E-state index contributed by atoms with van der Waals surface area (Å²) in [6.45, 7) is 3.19. The average Bonchev–Trinajstić information content (AvgIpc) is 2.29. The second-order valence-corrected chi connectivity index (χ2v) is 3.53. The van der Waals surface area contributed by atoms with Crippen LogP contribution in [0.15, 0.2) is 24.3 Å². The van der Waals surface area contributed by atoms with Crippen LogP contribution >= 0.6 is 0 Å². The highest BCUT2D eigenvalue weighted by Crippen LogP contribution is 2.16. The molecule has 0 saturated carbocycles. The SMILES string of the molecule is COc1ccc([C@H](C)NCCCO)cc1. The van der Waals surface area contributed by atoms with Crippen LogP contribution in [0, 0.1) is 0 Å². The maximum absolute atomic E-state index is 8.66. The topological polar surface area (TPSA) is 41.5 Å². The van der Waals surface area contributed by atoms with Crippen LogP contribution in [0.3, 0.4) is 0 Å². The number of aliphatic hydroxyl groups excluding tert-OH is 1. The smallest absolute Gasteiger partial charge is 0.118 e. The first kappa shape index (κ1) is 12.0. The van der Waals surface area contributed by atoms with Gasteiger partial charge in [-0.3, -0.25) is 0 Å². The molecule has 0 spiro atoms. The maximum atomic E-state index is 8.66. The quantitative estimate of drug-likeness (QED) is 0.701. The highest BCUT2D eigenvalue weighted by molar-refractivity contribution is 5.28. The molecule has 84 valence electrons. The van der Waals surface area contributed by atoms with Crippen LogP contribution in [-0.4, -0.2) is 25.4 Å². The minimum absolute atomic E-state index is 0.238. The zero-order chi connectivity index (χ0) is 11.1. The Morgan fingerprint density at radius 3 is 2.53 bits per heavy atom. The maximum Gasteiger partial charge on any atom is 0.118 e. The van der Waals surface area contributed by atoms with E-state index in [2.05, 4.69) is 24.4 Å². The number of benzene rings is 1. The number of hydrogen-bond acceptors (Lipinski definition) is 3. The average molecular weight is 209 g/mol. The van der Waals surface area contributed by atoms with Crippen LogP contribution in [0.25, 0.3) is 0 Å². The summed E-state index contributed by atoms with van der Waals surface area (Å²) in [6.07, 6.45) is 0.792. The molecule has 0 heterocycles. The van der Waals surface area contributed by atoms with Gasteiger partial charge in [0.2, 0.25) is 0 Å². The van der Waals surface area contributed by atoms with Gasteiger partial charge in [0.15, 0.2) is 0 Å². The molecule has 0 saturated heterocycles. The number of rotatable bonds is 6. The van der Waals surface area contributed by atoms with Crippen molar-refractivity contribution < 1.29 is 9.84 Å². The molecule has 0 amide bonds. The van der Waals surface area contributed by atoms with Crippen LogP contribution in [0.2, 0.25) is 0 Å². The molecule has 1 rings (SSSR count). The fourth-order valence-corrected chi connectivity index (χ4v) is 1.41. The van der Waals surface area contributed by atoms with E-state index in [4.69, 9.17) is 9.84 Å². The fraction of sp³-hybridized carbons (Fsp3) is 0.500. The first-order valence-electron chi connectivity index (χ1n) is 5.26. The summed E-state index contributed by atoms with van der Waals surface area (Å²) in [5.74, 6) is 0.876. The predicted molar refractivity (Wildman–Crippen MR) is 61.1 cm³/mol. The standard InChI is InChI=1S/C12H19NO2/c1-10(13-8-3-9-14)11-4-6-12(15-2)7-5-11/h4-7,10,13-14H,3,8-9H2,1-2H3/t10-/m0/s1. The summed E-state index contributed by atoms with van der Waals surface area (Å²) in [7, 11) is 1.66. The molecule has 0 aliphatic heterocycles. The van der Waals surface area contributed by atoms with Crippen LogP contribution in [-0.2, 0) is 0 Å². The third-order valence-electron chi connectivity index (χ3n) is 2.40. The van der Waals surface area contributed by atoms with Gasteiger partial charge in [-0.1, -0.05) is 12.1 Å². The minimum atomic E-state index is 0.238. The number of methoxy groups -OCH3 is 1. The fourth-order valence-electron chi connectivity index (χ4n) is 1.41. The molecule has 2 N–H and O–H groups in total. The van der Waals surface area contributed by atoms with Crippen LogP contribution < -0.4 is 10.1 Å². The third kappa shape index (κ3) is 3.90. The molecule has 15 heavy (non-hydrogen) atoms. The molecule has 0 fully saturated rings. The van der Waals surface area contributed by atoms with Gasteiger partial charge in [-0.25, -0.2) is 0 Å². The Labute approximate surface area is 91.1 Å². The van der Waals surface area contributed by atoms with Crippen molar-refractivity contribution in [3.63, 3.8) is 0 Å². The lowest BCUT2D eigenvalue weighted by atomic mass is 10.1. The van der Waals surface area contributed by atoms with Crippen LogP contribution in [0.5, 0.6) is 5.75 Å². The summed E-state index contributed by atoms with van der Waals surface area (Å²) in [4.78, 5) is 0. The minimum Gasteiger partial charge on any atom is -0.497 e. The van der Waals surface area contributed by atoms with Gasteiger partial charge in [-0.05, 0) is 37.6 Å². The Kier molecular flexibility index (Phi) is 5.15. The Morgan fingerprint density at radius 2 is 2.00 bits per heavy atom. The van der Waals surface area contributed by atoms with Crippen molar-refractivity contribution in [1.29, 1.82) is 0 Å². The Bertz CT molecular complexity index is 271. The molecule has 0 aromatic heterocycles. The van der Waals surface area contributed by atoms with Crippen molar-refractivity contribution in [3.8, 4) is 5.75 Å². The molecule has 0 aliphatic rings. The van der Waals surface area contributed by atoms with Gasteiger partial charge < -0.3 is 15.2 Å². The summed E-state index contributed by atoms with van der Waals surface area (Å²) in [5, 5.41) is 12.0. The highest BCUT2D eigenvalue weighted by Gasteiger charge is 2.03. The molecular weight excluding hydrogens is 190 g/mol. The predicted octanol–water partition coefficient (Wildman–Crippen LogP) is 1.73. The lowest BCUT2D eigenvalue weighted by Crippen LogP contribution is -2.20. The highest BCUT2D eigenvalue weighted by atomic mass is 16.5. The van der Waals surface area contributed by atoms with Gasteiger partial charge in [-0.15, -0.1) is 0 Å². The molecule has 0 aliphatic carbocycles. The van der Waals surface area contributed by atoms with Gasteiger partial charge >= 0.3 is 0 Å². The van der Waals surface area contributed by atoms with E-state index in [-0.39, 0.29) is 6.61 Å². The van der Waals surface area contributed by atoms with E-state index in [1.54, 1.807) is 7.11 Å². The third-order valence-corrected chi connectivity index (χ3v) is 2.40. The monoisotopic (exact) mass is 209 g/mol. The second kappa shape index (κ2) is 6.43. The molecular formula is C12H19NO2. The Hall–Kier alpha value is -1.06. The second-order valence-electron chi connectivity index (χ2n) is 3.53. The molecule has 1 aromatic rings. The number of hydrogen-bond donors (Lipinski definition) is 2. The molecule has 1 atom stereocenters. The summed E-state index contributed by atoms with van der Waals surface area (Å²) in [6, 6.07) is 8.33. The van der Waals surface area contributed by atoms with E-state index in [1.807, 2.05) is 12.1 Å². The van der Waals surface area contributed by atoms with Gasteiger partial charge in [0.25, 0.3) is 0 Å². The van der Waals surface area contributed by atoms with E-state index in [0.29, 0.717) is 6.04 Å². The first-order chi connectivity index (χ1) is 7.27. The van der Waals surface area contributed by atoms with Crippen molar-refractivity contribution in [2.75, 3.05) is 20.3 Å². The van der Waals surface area contributed by atoms with Gasteiger partial charge in [0.1, 0.15) is 5.75 Å². The van der Waals surface area contributed by atoms with Crippen molar-refractivity contribution in [3.05, 3.63) is 29.8 Å². The largest absolute Gasteiger partial charge is 0.497 e. The van der Waals surface area contributed by atoms with Gasteiger partial charge in [0, 0.05) is 12.6 Å². The van der Waals surface area contributed by atoms with E-state index in [1.165, 1.54) is 5.56 Å². The zero-order valence-electron chi connectivity index (χ0n) is 9.36. The first-order valence-corrected chi connectivity index (χ1v) is 5.26. The zero-order valence-corrected chi connectivity index (χ0v) is 9.36. The molecule has 0 radical (unpaired) electrons. The van der Waals surface area contributed by atoms with Gasteiger partial charge in [-0.2, -0.15) is 0 Å². The van der Waals surface area contributed by atoms with Crippen molar-refractivity contribution >= 4 is 0 Å². The normalized spacial score (nSPS) is 12.5. The van der Waals surface area contributed by atoms with Crippen molar-refractivity contribution in [1.82, 2.24) is 5.32 Å². The Morgan fingerprint density at radius 1 is 1.33 bits per heavy atom. The Balaban J connectivity index is 2.46. The number of nitrogens with one attached hydrogen (secondary N) is 1. The molecule has 3 nitrogen and oxygen atoms in total. The van der Waals surface area contributed by atoms with E-state index in [9.17, 15) is 0 Å². The number of ether oxygens (including phenoxy) is 1. The van der Waals surface area contributed by atoms with E-state index in [0.717, 1.165) is 18.7 Å². The lowest BCUT2D eigenvalue weighted by Gasteiger charge is -2.14. The number of aliphatic hydroxyl groups is 1. The van der Waals surface area contributed by atoms with Gasteiger partial charge in [0.05, 0.1) is 7.11 Å². The van der Waals surface area contributed by atoms with E-state index >= 15 is 0 Å². The molecule has 0 unspecified atom stereocenters. The summed E-state index contributed by atoms with van der Waals surface area (Å²) >= 11 is 0. The van der Waals surface area contributed by atoms with Crippen LogP contribution in [0.1, 0.15) is 24.9 Å². The lowest BCUT2D eigenvalue weighted by molar-refractivity contribution is 0.284. The summed E-state index contributed by atoms with van der Waals surface area (Å²) < 4.78 is 5.09. The molecule has 1 aromatic carbocycles. The van der Waals surface area contributed by atoms with Crippen molar-refractivity contribution in [2.45, 2.75) is 19.4 Å².